The number of carbonyl (C=O) groups is 2. The van der Waals surface area contributed by atoms with Crippen molar-refractivity contribution in [1.82, 2.24) is 5.32 Å². The zero-order valence-corrected chi connectivity index (χ0v) is 11.7. The van der Waals surface area contributed by atoms with Crippen LogP contribution in [0, 0.1) is 10.1 Å². The van der Waals surface area contributed by atoms with Crippen LogP contribution >= 0.6 is 0 Å². The zero-order valence-electron chi connectivity index (χ0n) is 11.7. The first-order valence-corrected chi connectivity index (χ1v) is 6.28. The topological polar surface area (TPSA) is 108 Å². The van der Waals surface area contributed by atoms with Gasteiger partial charge in [-0.25, -0.2) is 4.79 Å². The minimum Gasteiger partial charge on any atom is -0.482 e. The fourth-order valence-corrected chi connectivity index (χ4v) is 1.41. The molecule has 21 heavy (non-hydrogen) atoms. The Morgan fingerprint density at radius 3 is 2.48 bits per heavy atom. The number of nitrogens with one attached hydrogen (secondary N) is 1. The molecular weight excluding hydrogens is 280 g/mol. The van der Waals surface area contributed by atoms with Crippen molar-refractivity contribution in [3.8, 4) is 5.75 Å². The molecule has 114 valence electrons. The largest absolute Gasteiger partial charge is 0.482 e. The molecule has 1 N–H and O–H groups in total. The molecule has 0 saturated carbocycles. The van der Waals surface area contributed by atoms with Crippen LogP contribution in [0.25, 0.3) is 0 Å². The molecule has 0 radical (unpaired) electrons. The first kappa shape index (κ1) is 16.4. The fraction of sp³-hybridized carbons (Fsp3) is 0.385. The number of carbonyl (C=O) groups excluding carboxylic acids is 2. The van der Waals surface area contributed by atoms with Crippen molar-refractivity contribution in [2.75, 3.05) is 13.2 Å². The number of hydrogen-bond donors (Lipinski definition) is 1. The summed E-state index contributed by atoms with van der Waals surface area (Å²) in [5.74, 6) is -0.795. The summed E-state index contributed by atoms with van der Waals surface area (Å²) in [4.78, 5) is 32.8. The van der Waals surface area contributed by atoms with Crippen LogP contribution in [0.5, 0.6) is 5.75 Å². The summed E-state index contributed by atoms with van der Waals surface area (Å²) in [6.07, 6.45) is -0.905. The Kier molecular flexibility index (Phi) is 6.12. The molecule has 0 aliphatic carbocycles. The van der Waals surface area contributed by atoms with Crippen molar-refractivity contribution < 1.29 is 24.0 Å². The van der Waals surface area contributed by atoms with Crippen LogP contribution in [-0.2, 0) is 14.3 Å². The molecule has 0 spiro atoms. The number of likely N-dealkylation sites (N-methyl/N-ethyl adjacent to an activating group) is 1. The second-order valence-corrected chi connectivity index (χ2v) is 4.07. The monoisotopic (exact) mass is 296 g/mol. The van der Waals surface area contributed by atoms with Gasteiger partial charge in [0.15, 0.2) is 12.7 Å². The Bertz CT molecular complexity index is 514. The van der Waals surface area contributed by atoms with Gasteiger partial charge in [-0.3, -0.25) is 14.9 Å². The first-order valence-electron chi connectivity index (χ1n) is 6.28. The number of amides is 1. The Morgan fingerprint density at radius 1 is 1.33 bits per heavy atom. The van der Waals surface area contributed by atoms with Gasteiger partial charge in [-0.05, 0) is 26.0 Å². The molecule has 0 fully saturated rings. The lowest BCUT2D eigenvalue weighted by Gasteiger charge is -2.13. The molecule has 8 nitrogen and oxygen atoms in total. The second kappa shape index (κ2) is 7.83. The molecule has 1 rings (SSSR count). The number of non-ortho nitro benzene ring substituents is 1. The highest BCUT2D eigenvalue weighted by atomic mass is 16.6. The maximum atomic E-state index is 11.5. The molecule has 1 amide bonds. The van der Waals surface area contributed by atoms with Crippen LogP contribution in [0.3, 0.4) is 0 Å². The number of nitro groups is 1. The maximum Gasteiger partial charge on any atom is 0.344 e. The molecule has 0 saturated heterocycles. The molecule has 1 atom stereocenters. The minimum absolute atomic E-state index is 0.0743. The van der Waals surface area contributed by atoms with E-state index < -0.39 is 17.0 Å². The van der Waals surface area contributed by atoms with Crippen LogP contribution in [0.2, 0.25) is 0 Å². The number of benzene rings is 1. The highest BCUT2D eigenvalue weighted by Gasteiger charge is 2.17. The van der Waals surface area contributed by atoms with Crippen molar-refractivity contribution in [3.05, 3.63) is 34.4 Å². The molecule has 0 bridgehead atoms. The lowest BCUT2D eigenvalue weighted by Crippen LogP contribution is -2.36. The Labute approximate surface area is 121 Å². The standard InChI is InChI=1S/C13H16N2O6/c1-3-14-13(17)9(2)21-12(16)8-20-11-6-4-10(5-7-11)15(18)19/h4-7,9H,3,8H2,1-2H3,(H,14,17)/t9-/m1/s1. The molecule has 1 aromatic rings. The average molecular weight is 296 g/mol. The van der Waals surface area contributed by atoms with Crippen LogP contribution < -0.4 is 10.1 Å². The predicted octanol–water partition coefficient (Wildman–Crippen LogP) is 1.04. The third-order valence-electron chi connectivity index (χ3n) is 2.43. The number of ether oxygens (including phenoxy) is 2. The van der Waals surface area contributed by atoms with Crippen LogP contribution in [0.1, 0.15) is 13.8 Å². The summed E-state index contributed by atoms with van der Waals surface area (Å²) >= 11 is 0. The van der Waals surface area contributed by atoms with Gasteiger partial charge in [-0.15, -0.1) is 0 Å². The van der Waals surface area contributed by atoms with E-state index in [1.54, 1.807) is 6.92 Å². The van der Waals surface area contributed by atoms with Crippen molar-refractivity contribution in [1.29, 1.82) is 0 Å². The second-order valence-electron chi connectivity index (χ2n) is 4.07. The highest BCUT2D eigenvalue weighted by molar-refractivity contribution is 5.83. The van der Waals surface area contributed by atoms with Gasteiger partial charge in [0.25, 0.3) is 11.6 Å². The summed E-state index contributed by atoms with van der Waals surface area (Å²) in [6.45, 7) is 3.26. The van der Waals surface area contributed by atoms with E-state index in [1.807, 2.05) is 0 Å². The van der Waals surface area contributed by atoms with Crippen molar-refractivity contribution >= 4 is 17.6 Å². The number of nitro benzene ring substituents is 1. The van der Waals surface area contributed by atoms with Gasteiger partial charge >= 0.3 is 5.97 Å². The van der Waals surface area contributed by atoms with Gasteiger partial charge in [0.2, 0.25) is 0 Å². The van der Waals surface area contributed by atoms with Crippen LogP contribution in [0.4, 0.5) is 5.69 Å². The van der Waals surface area contributed by atoms with Crippen LogP contribution in [0.15, 0.2) is 24.3 Å². The van der Waals surface area contributed by atoms with Gasteiger partial charge in [0, 0.05) is 18.7 Å². The van der Waals surface area contributed by atoms with Gasteiger partial charge in [-0.1, -0.05) is 0 Å². The molecule has 8 heteroatoms. The lowest BCUT2D eigenvalue weighted by atomic mass is 10.3. The van der Waals surface area contributed by atoms with E-state index in [2.05, 4.69) is 5.32 Å². The molecule has 0 aliphatic heterocycles. The summed E-state index contributed by atoms with van der Waals surface area (Å²) in [5, 5.41) is 13.0. The third-order valence-corrected chi connectivity index (χ3v) is 2.43. The fourth-order valence-electron chi connectivity index (χ4n) is 1.41. The molecule has 1 aromatic carbocycles. The van der Waals surface area contributed by atoms with Crippen molar-refractivity contribution in [2.45, 2.75) is 20.0 Å². The van der Waals surface area contributed by atoms with E-state index in [4.69, 9.17) is 9.47 Å². The van der Waals surface area contributed by atoms with Crippen molar-refractivity contribution in [2.24, 2.45) is 0 Å². The first-order chi connectivity index (χ1) is 9.93. The Balaban J connectivity index is 2.42. The van der Waals surface area contributed by atoms with Gasteiger partial charge in [0.05, 0.1) is 4.92 Å². The summed E-state index contributed by atoms with van der Waals surface area (Å²) in [7, 11) is 0. The quantitative estimate of drug-likeness (QED) is 0.457. The predicted molar refractivity (Wildman–Crippen MR) is 72.8 cm³/mol. The number of hydrogen-bond acceptors (Lipinski definition) is 6. The van der Waals surface area contributed by atoms with E-state index in [0.717, 1.165) is 0 Å². The van der Waals surface area contributed by atoms with E-state index in [9.17, 15) is 19.7 Å². The highest BCUT2D eigenvalue weighted by Crippen LogP contribution is 2.17. The Morgan fingerprint density at radius 2 is 1.95 bits per heavy atom. The average Bonchev–Trinajstić information content (AvgIpc) is 2.45. The van der Waals surface area contributed by atoms with E-state index in [1.165, 1.54) is 31.2 Å². The minimum atomic E-state index is -0.905. The molecule has 0 heterocycles. The maximum absolute atomic E-state index is 11.5. The lowest BCUT2D eigenvalue weighted by molar-refractivity contribution is -0.384. The summed E-state index contributed by atoms with van der Waals surface area (Å²) < 4.78 is 9.98. The summed E-state index contributed by atoms with van der Waals surface area (Å²) in [6, 6.07) is 5.27. The van der Waals surface area contributed by atoms with Crippen molar-refractivity contribution in [3.63, 3.8) is 0 Å². The number of esters is 1. The molecule has 0 aliphatic rings. The molecular formula is C13H16N2O6. The number of nitrogens with zero attached hydrogens (tertiary/aromatic N) is 1. The van der Waals surface area contributed by atoms with E-state index >= 15 is 0 Å². The normalized spacial score (nSPS) is 11.3. The van der Waals surface area contributed by atoms with Gasteiger partial charge in [0.1, 0.15) is 5.75 Å². The Hall–Kier alpha value is -2.64. The summed E-state index contributed by atoms with van der Waals surface area (Å²) in [5.41, 5.74) is -0.0743. The van der Waals surface area contributed by atoms with Gasteiger partial charge < -0.3 is 14.8 Å². The van der Waals surface area contributed by atoms with E-state index in [-0.39, 0.29) is 18.2 Å². The number of rotatable bonds is 7. The SMILES string of the molecule is CCNC(=O)[C@@H](C)OC(=O)COc1ccc([N+](=O)[O-])cc1. The third kappa shape index (κ3) is 5.47. The van der Waals surface area contributed by atoms with Gasteiger partial charge in [-0.2, -0.15) is 0 Å². The zero-order chi connectivity index (χ0) is 15.8. The van der Waals surface area contributed by atoms with Crippen LogP contribution in [-0.4, -0.2) is 36.1 Å². The van der Waals surface area contributed by atoms with E-state index in [0.29, 0.717) is 12.3 Å². The smallest absolute Gasteiger partial charge is 0.344 e. The molecule has 0 unspecified atom stereocenters. The molecule has 0 aromatic heterocycles.